The third-order valence-corrected chi connectivity index (χ3v) is 4.31. The number of alkyl halides is 3. The van der Waals surface area contributed by atoms with E-state index in [2.05, 4.69) is 0 Å². The van der Waals surface area contributed by atoms with Gasteiger partial charge in [0, 0.05) is 30.2 Å². The first-order chi connectivity index (χ1) is 11.4. The van der Waals surface area contributed by atoms with Crippen molar-refractivity contribution in [3.05, 3.63) is 36.0 Å². The molecule has 1 aromatic heterocycles. The second-order valence-electron chi connectivity index (χ2n) is 5.96. The van der Waals surface area contributed by atoms with Gasteiger partial charge in [0.1, 0.15) is 6.54 Å². The number of hydrogen-bond acceptors (Lipinski definition) is 2. The second kappa shape index (κ2) is 6.30. The number of piperidine rings is 1. The summed E-state index contributed by atoms with van der Waals surface area (Å²) in [6.07, 6.45) is -0.833. The molecule has 0 aliphatic carbocycles. The Morgan fingerprint density at radius 3 is 2.38 bits per heavy atom. The van der Waals surface area contributed by atoms with Gasteiger partial charge in [0.15, 0.2) is 0 Å². The number of halogens is 3. The Morgan fingerprint density at radius 1 is 1.04 bits per heavy atom. The predicted molar refractivity (Wildman–Crippen MR) is 82.8 cm³/mol. The number of carbonyl (C=O) groups is 2. The van der Waals surface area contributed by atoms with Crippen LogP contribution >= 0.6 is 0 Å². The average Bonchev–Trinajstić information content (AvgIpc) is 2.93. The highest BCUT2D eigenvalue weighted by molar-refractivity contribution is 6.10. The van der Waals surface area contributed by atoms with Gasteiger partial charge < -0.3 is 9.47 Å². The number of aromatic nitrogens is 1. The lowest BCUT2D eigenvalue weighted by Crippen LogP contribution is -2.37. The van der Waals surface area contributed by atoms with E-state index in [1.807, 2.05) is 0 Å². The number of ketones is 1. The van der Waals surface area contributed by atoms with Gasteiger partial charge in [0.25, 0.3) is 5.78 Å². The summed E-state index contributed by atoms with van der Waals surface area (Å²) in [5.41, 5.74) is 0.0417. The minimum atomic E-state index is -4.94. The lowest BCUT2D eigenvalue weighted by molar-refractivity contribution is -0.132. The Hall–Kier alpha value is -2.31. The SMILES string of the molecule is O=C(Cn1cc(C(=O)C(F)(F)F)c2ccccc21)N1CCCCC1. The van der Waals surface area contributed by atoms with E-state index in [1.54, 1.807) is 23.1 Å². The van der Waals surface area contributed by atoms with Crippen LogP contribution in [0.2, 0.25) is 0 Å². The summed E-state index contributed by atoms with van der Waals surface area (Å²) in [6, 6.07) is 6.33. The molecule has 0 spiro atoms. The van der Waals surface area contributed by atoms with E-state index in [-0.39, 0.29) is 17.8 Å². The molecular weight excluding hydrogens is 321 g/mol. The summed E-state index contributed by atoms with van der Waals surface area (Å²) in [4.78, 5) is 25.8. The normalized spacial score (nSPS) is 15.7. The maximum Gasteiger partial charge on any atom is 0.454 e. The molecule has 0 atom stereocenters. The average molecular weight is 338 g/mol. The Morgan fingerprint density at radius 2 is 1.71 bits per heavy atom. The van der Waals surface area contributed by atoms with Crippen LogP contribution in [0.25, 0.3) is 10.9 Å². The minimum Gasteiger partial charge on any atom is -0.341 e. The molecule has 1 fully saturated rings. The van der Waals surface area contributed by atoms with Gasteiger partial charge in [0.05, 0.1) is 5.56 Å². The van der Waals surface area contributed by atoms with Crippen molar-refractivity contribution in [2.24, 2.45) is 0 Å². The lowest BCUT2D eigenvalue weighted by atomic mass is 10.1. The maximum atomic E-state index is 12.8. The Labute approximate surface area is 136 Å². The van der Waals surface area contributed by atoms with Crippen LogP contribution < -0.4 is 0 Å². The van der Waals surface area contributed by atoms with Gasteiger partial charge in [-0.15, -0.1) is 0 Å². The summed E-state index contributed by atoms with van der Waals surface area (Å²) in [6.45, 7) is 1.28. The van der Waals surface area contributed by atoms with Crippen molar-refractivity contribution in [3.63, 3.8) is 0 Å². The maximum absolute atomic E-state index is 12.8. The standard InChI is InChI=1S/C17H17F3N2O2/c18-17(19,20)16(24)13-10-22(14-7-3-2-6-12(13)14)11-15(23)21-8-4-1-5-9-21/h2-3,6-7,10H,1,4-5,8-9,11H2. The zero-order chi connectivity index (χ0) is 17.3. The largest absolute Gasteiger partial charge is 0.454 e. The van der Waals surface area contributed by atoms with Crippen LogP contribution in [0.3, 0.4) is 0 Å². The lowest BCUT2D eigenvalue weighted by Gasteiger charge is -2.27. The summed E-state index contributed by atoms with van der Waals surface area (Å²) in [5, 5.41) is 0.214. The minimum absolute atomic E-state index is 0.0638. The molecule has 24 heavy (non-hydrogen) atoms. The topological polar surface area (TPSA) is 42.3 Å². The van der Waals surface area contributed by atoms with Gasteiger partial charge >= 0.3 is 6.18 Å². The second-order valence-corrected chi connectivity index (χ2v) is 5.96. The van der Waals surface area contributed by atoms with Crippen LogP contribution in [0, 0.1) is 0 Å². The van der Waals surface area contributed by atoms with Crippen molar-refractivity contribution in [2.45, 2.75) is 32.0 Å². The van der Waals surface area contributed by atoms with Crippen LogP contribution in [-0.4, -0.2) is 40.4 Å². The summed E-state index contributed by atoms with van der Waals surface area (Å²) in [5.74, 6) is -2.02. The summed E-state index contributed by atoms with van der Waals surface area (Å²) >= 11 is 0. The summed E-state index contributed by atoms with van der Waals surface area (Å²) < 4.78 is 39.8. The van der Waals surface area contributed by atoms with Crippen LogP contribution in [0.5, 0.6) is 0 Å². The van der Waals surface area contributed by atoms with E-state index >= 15 is 0 Å². The van der Waals surface area contributed by atoms with Crippen LogP contribution in [-0.2, 0) is 11.3 Å². The van der Waals surface area contributed by atoms with Crippen molar-refractivity contribution in [2.75, 3.05) is 13.1 Å². The summed E-state index contributed by atoms with van der Waals surface area (Å²) in [7, 11) is 0. The zero-order valence-corrected chi connectivity index (χ0v) is 13.0. The highest BCUT2D eigenvalue weighted by Crippen LogP contribution is 2.28. The number of hydrogen-bond donors (Lipinski definition) is 0. The molecule has 0 saturated carbocycles. The molecule has 1 amide bonds. The smallest absolute Gasteiger partial charge is 0.341 e. The number of amides is 1. The molecule has 1 aliphatic heterocycles. The molecule has 0 bridgehead atoms. The number of carbonyl (C=O) groups excluding carboxylic acids is 2. The van der Waals surface area contributed by atoms with Crippen molar-refractivity contribution in [3.8, 4) is 0 Å². The first-order valence-corrected chi connectivity index (χ1v) is 7.85. The molecule has 0 unspecified atom stereocenters. The third-order valence-electron chi connectivity index (χ3n) is 4.31. The predicted octanol–water partition coefficient (Wildman–Crippen LogP) is 3.40. The number of Topliss-reactive ketones (excluding diaryl/α,β-unsaturated/α-hetero) is 1. The highest BCUT2D eigenvalue weighted by Gasteiger charge is 2.40. The number of benzene rings is 1. The number of rotatable bonds is 3. The highest BCUT2D eigenvalue weighted by atomic mass is 19.4. The number of likely N-dealkylation sites (tertiary alicyclic amines) is 1. The first-order valence-electron chi connectivity index (χ1n) is 7.85. The van der Waals surface area contributed by atoms with Crippen LogP contribution in [0.1, 0.15) is 29.6 Å². The van der Waals surface area contributed by atoms with Crippen LogP contribution in [0.15, 0.2) is 30.5 Å². The molecule has 0 radical (unpaired) electrons. The fourth-order valence-electron chi connectivity index (χ4n) is 3.10. The number of para-hydroxylation sites is 1. The number of nitrogens with zero attached hydrogens (tertiary/aromatic N) is 2. The van der Waals surface area contributed by atoms with Gasteiger partial charge in [-0.05, 0) is 25.3 Å². The van der Waals surface area contributed by atoms with Crippen molar-refractivity contribution >= 4 is 22.6 Å². The quantitative estimate of drug-likeness (QED) is 0.805. The van der Waals surface area contributed by atoms with E-state index in [0.717, 1.165) is 25.5 Å². The molecule has 3 rings (SSSR count). The molecule has 1 saturated heterocycles. The van der Waals surface area contributed by atoms with E-state index in [4.69, 9.17) is 0 Å². The first kappa shape index (κ1) is 16.5. The van der Waals surface area contributed by atoms with Gasteiger partial charge in [-0.1, -0.05) is 18.2 Å². The molecule has 4 nitrogen and oxygen atoms in total. The van der Waals surface area contributed by atoms with Crippen molar-refractivity contribution in [1.82, 2.24) is 9.47 Å². The molecule has 0 N–H and O–H groups in total. The Kier molecular flexibility index (Phi) is 4.34. The fraction of sp³-hybridized carbons (Fsp3) is 0.412. The van der Waals surface area contributed by atoms with E-state index in [9.17, 15) is 22.8 Å². The van der Waals surface area contributed by atoms with Crippen LogP contribution in [0.4, 0.5) is 13.2 Å². The molecule has 1 aromatic carbocycles. The fourth-order valence-corrected chi connectivity index (χ4v) is 3.10. The van der Waals surface area contributed by atoms with Gasteiger partial charge in [-0.2, -0.15) is 13.2 Å². The Balaban J connectivity index is 1.94. The van der Waals surface area contributed by atoms with Crippen molar-refractivity contribution in [1.29, 1.82) is 0 Å². The molecule has 2 heterocycles. The number of fused-ring (bicyclic) bond motifs is 1. The van der Waals surface area contributed by atoms with E-state index < -0.39 is 17.5 Å². The Bertz CT molecular complexity index is 774. The third kappa shape index (κ3) is 3.16. The van der Waals surface area contributed by atoms with Gasteiger partial charge in [0.2, 0.25) is 5.91 Å². The molecule has 128 valence electrons. The van der Waals surface area contributed by atoms with Gasteiger partial charge in [-0.25, -0.2) is 0 Å². The van der Waals surface area contributed by atoms with E-state index in [0.29, 0.717) is 18.6 Å². The molecular formula is C17H17F3N2O2. The molecule has 1 aliphatic rings. The molecule has 7 heteroatoms. The van der Waals surface area contributed by atoms with E-state index in [1.165, 1.54) is 10.6 Å². The molecule has 2 aromatic rings. The van der Waals surface area contributed by atoms with Crippen molar-refractivity contribution < 1.29 is 22.8 Å². The van der Waals surface area contributed by atoms with Gasteiger partial charge in [-0.3, -0.25) is 9.59 Å². The zero-order valence-electron chi connectivity index (χ0n) is 13.0. The monoisotopic (exact) mass is 338 g/mol.